The lowest BCUT2D eigenvalue weighted by Crippen LogP contribution is -2.30. The SMILES string of the molecule is CC(=O)OC(COc1cccc(C)c1C(C)=O)COS(=O)(=O)c1ccc(C)cc1. The Morgan fingerprint density at radius 2 is 1.62 bits per heavy atom. The maximum atomic E-state index is 12.3. The highest BCUT2D eigenvalue weighted by Crippen LogP contribution is 2.23. The highest BCUT2D eigenvalue weighted by molar-refractivity contribution is 7.86. The molecule has 1 atom stereocenters. The molecule has 2 rings (SSSR count). The number of esters is 1. The van der Waals surface area contributed by atoms with Crippen LogP contribution in [0.2, 0.25) is 0 Å². The molecular formula is C21H24O7S. The molecule has 0 amide bonds. The van der Waals surface area contributed by atoms with E-state index in [9.17, 15) is 18.0 Å². The Kier molecular flexibility index (Phi) is 7.53. The van der Waals surface area contributed by atoms with Crippen LogP contribution in [0.1, 0.15) is 35.3 Å². The summed E-state index contributed by atoms with van der Waals surface area (Å²) in [6, 6.07) is 11.3. The van der Waals surface area contributed by atoms with Gasteiger partial charge < -0.3 is 9.47 Å². The average molecular weight is 420 g/mol. The summed E-state index contributed by atoms with van der Waals surface area (Å²) in [4.78, 5) is 23.3. The first-order chi connectivity index (χ1) is 13.6. The van der Waals surface area contributed by atoms with E-state index in [1.807, 2.05) is 6.92 Å². The minimum Gasteiger partial charge on any atom is -0.489 e. The lowest BCUT2D eigenvalue weighted by atomic mass is 10.0. The molecule has 29 heavy (non-hydrogen) atoms. The zero-order chi connectivity index (χ0) is 21.6. The molecule has 0 aliphatic carbocycles. The van der Waals surface area contributed by atoms with E-state index < -0.39 is 28.8 Å². The molecule has 0 spiro atoms. The lowest BCUT2D eigenvalue weighted by molar-refractivity contribution is -0.149. The topological polar surface area (TPSA) is 96.0 Å². The van der Waals surface area contributed by atoms with Crippen LogP contribution >= 0.6 is 0 Å². The highest BCUT2D eigenvalue weighted by Gasteiger charge is 2.22. The van der Waals surface area contributed by atoms with Gasteiger partial charge in [0.1, 0.15) is 19.0 Å². The van der Waals surface area contributed by atoms with E-state index in [2.05, 4.69) is 0 Å². The van der Waals surface area contributed by atoms with Crippen LogP contribution in [0, 0.1) is 13.8 Å². The van der Waals surface area contributed by atoms with E-state index in [1.54, 1.807) is 37.3 Å². The van der Waals surface area contributed by atoms with Crippen LogP contribution in [0.25, 0.3) is 0 Å². The van der Waals surface area contributed by atoms with Crippen molar-refractivity contribution in [3.8, 4) is 5.75 Å². The Morgan fingerprint density at radius 3 is 2.21 bits per heavy atom. The molecule has 0 N–H and O–H groups in total. The number of ketones is 1. The maximum Gasteiger partial charge on any atom is 0.303 e. The second-order valence-corrected chi connectivity index (χ2v) is 8.21. The summed E-state index contributed by atoms with van der Waals surface area (Å²) in [7, 11) is -4.02. The van der Waals surface area contributed by atoms with Crippen molar-refractivity contribution >= 4 is 21.9 Å². The number of benzene rings is 2. The van der Waals surface area contributed by atoms with Crippen molar-refractivity contribution in [1.82, 2.24) is 0 Å². The van der Waals surface area contributed by atoms with Crippen molar-refractivity contribution < 1.29 is 31.7 Å². The molecule has 0 heterocycles. The van der Waals surface area contributed by atoms with Crippen molar-refractivity contribution in [2.24, 2.45) is 0 Å². The van der Waals surface area contributed by atoms with Crippen LogP contribution in [0.15, 0.2) is 47.4 Å². The Hall–Kier alpha value is -2.71. The van der Waals surface area contributed by atoms with E-state index in [1.165, 1.54) is 26.0 Å². The summed E-state index contributed by atoms with van der Waals surface area (Å²) in [5.74, 6) is -0.442. The predicted molar refractivity (Wildman–Crippen MR) is 107 cm³/mol. The molecule has 7 nitrogen and oxygen atoms in total. The highest BCUT2D eigenvalue weighted by atomic mass is 32.2. The molecule has 0 saturated heterocycles. The first-order valence-corrected chi connectivity index (χ1v) is 10.4. The number of hydrogen-bond donors (Lipinski definition) is 0. The summed E-state index contributed by atoms with van der Waals surface area (Å²) >= 11 is 0. The largest absolute Gasteiger partial charge is 0.489 e. The smallest absolute Gasteiger partial charge is 0.303 e. The zero-order valence-corrected chi connectivity index (χ0v) is 17.6. The van der Waals surface area contributed by atoms with E-state index in [0.717, 1.165) is 11.1 Å². The van der Waals surface area contributed by atoms with E-state index in [4.69, 9.17) is 13.7 Å². The van der Waals surface area contributed by atoms with Crippen molar-refractivity contribution in [3.05, 3.63) is 59.2 Å². The molecule has 1 unspecified atom stereocenters. The van der Waals surface area contributed by atoms with Crippen molar-refractivity contribution in [2.45, 2.75) is 38.7 Å². The third kappa shape index (κ3) is 6.40. The standard InChI is InChI=1S/C21H24O7S/c1-14-8-10-19(11-9-14)29(24,25)27-13-18(28-17(4)23)12-26-20-7-5-6-15(2)21(20)16(3)22/h5-11,18H,12-13H2,1-4H3. The van der Waals surface area contributed by atoms with Crippen molar-refractivity contribution in [1.29, 1.82) is 0 Å². The fraction of sp³-hybridized carbons (Fsp3) is 0.333. The number of rotatable bonds is 9. The molecule has 0 radical (unpaired) electrons. The van der Waals surface area contributed by atoms with Crippen LogP contribution in [0.5, 0.6) is 5.75 Å². The van der Waals surface area contributed by atoms with E-state index in [0.29, 0.717) is 11.3 Å². The molecule has 0 bridgehead atoms. The van der Waals surface area contributed by atoms with Gasteiger partial charge in [0.2, 0.25) is 0 Å². The molecule has 2 aromatic carbocycles. The number of hydrogen-bond acceptors (Lipinski definition) is 7. The molecule has 156 valence electrons. The Bertz CT molecular complexity index is 979. The first-order valence-electron chi connectivity index (χ1n) is 8.97. The normalized spacial score (nSPS) is 12.3. The van der Waals surface area contributed by atoms with Crippen molar-refractivity contribution in [2.75, 3.05) is 13.2 Å². The Labute approximate surface area is 170 Å². The van der Waals surface area contributed by atoms with Crippen LogP contribution < -0.4 is 4.74 Å². The number of aryl methyl sites for hydroxylation is 2. The van der Waals surface area contributed by atoms with E-state index >= 15 is 0 Å². The van der Waals surface area contributed by atoms with Gasteiger partial charge in [-0.2, -0.15) is 8.42 Å². The third-order valence-corrected chi connectivity index (χ3v) is 5.36. The molecule has 0 aromatic heterocycles. The second kappa shape index (κ2) is 9.67. The molecule has 0 aliphatic rings. The molecule has 0 aliphatic heterocycles. The summed E-state index contributed by atoms with van der Waals surface area (Å²) in [6.45, 7) is 5.66. The minimum atomic E-state index is -4.02. The van der Waals surface area contributed by atoms with E-state index in [-0.39, 0.29) is 17.3 Å². The molecular weight excluding hydrogens is 396 g/mol. The fourth-order valence-corrected chi connectivity index (χ4v) is 3.62. The quantitative estimate of drug-likeness (QED) is 0.349. The van der Waals surface area contributed by atoms with Gasteiger partial charge in [0.05, 0.1) is 10.5 Å². The van der Waals surface area contributed by atoms with Gasteiger partial charge in [-0.3, -0.25) is 13.8 Å². The van der Waals surface area contributed by atoms with Gasteiger partial charge in [0, 0.05) is 6.92 Å². The molecule has 0 fully saturated rings. The minimum absolute atomic E-state index is 0.00291. The van der Waals surface area contributed by atoms with Gasteiger partial charge >= 0.3 is 5.97 Å². The average Bonchev–Trinajstić information content (AvgIpc) is 2.63. The first kappa shape index (κ1) is 22.6. The van der Waals surface area contributed by atoms with Crippen molar-refractivity contribution in [3.63, 3.8) is 0 Å². The summed E-state index contributed by atoms with van der Waals surface area (Å²) in [6.07, 6.45) is -0.979. The van der Waals surface area contributed by atoms with Crippen LogP contribution in [0.3, 0.4) is 0 Å². The number of carbonyl (C=O) groups excluding carboxylic acids is 2. The molecule has 2 aromatic rings. The fourth-order valence-electron chi connectivity index (χ4n) is 2.68. The number of Topliss-reactive ketones (excluding diaryl/α,β-unsaturated/α-hetero) is 1. The van der Waals surface area contributed by atoms with Gasteiger partial charge in [0.25, 0.3) is 10.1 Å². The monoisotopic (exact) mass is 420 g/mol. The summed E-state index contributed by atoms with van der Waals surface area (Å²) < 4.78 is 40.5. The van der Waals surface area contributed by atoms with Gasteiger partial charge in [-0.15, -0.1) is 0 Å². The van der Waals surface area contributed by atoms with Crippen LogP contribution in [-0.2, 0) is 23.8 Å². The van der Waals surface area contributed by atoms with Crippen LogP contribution in [0.4, 0.5) is 0 Å². The van der Waals surface area contributed by atoms with Gasteiger partial charge in [-0.05, 0) is 44.5 Å². The Morgan fingerprint density at radius 1 is 0.966 bits per heavy atom. The Balaban J connectivity index is 2.10. The predicted octanol–water partition coefficient (Wildman–Crippen LogP) is 3.22. The van der Waals surface area contributed by atoms with Gasteiger partial charge in [-0.1, -0.05) is 29.8 Å². The maximum absolute atomic E-state index is 12.3. The second-order valence-electron chi connectivity index (χ2n) is 6.60. The third-order valence-electron chi connectivity index (χ3n) is 4.06. The number of carbonyl (C=O) groups is 2. The zero-order valence-electron chi connectivity index (χ0n) is 16.8. The van der Waals surface area contributed by atoms with Gasteiger partial charge in [-0.25, -0.2) is 0 Å². The lowest BCUT2D eigenvalue weighted by Gasteiger charge is -2.19. The van der Waals surface area contributed by atoms with Gasteiger partial charge in [0.15, 0.2) is 11.9 Å². The summed E-state index contributed by atoms with van der Waals surface area (Å²) in [5.41, 5.74) is 2.08. The summed E-state index contributed by atoms with van der Waals surface area (Å²) in [5, 5.41) is 0. The van der Waals surface area contributed by atoms with Crippen LogP contribution in [-0.4, -0.2) is 39.5 Å². The number of ether oxygens (including phenoxy) is 2. The molecule has 8 heteroatoms. The molecule has 0 saturated carbocycles.